The Bertz CT molecular complexity index is 867. The second-order valence-electron chi connectivity index (χ2n) is 6.70. The summed E-state index contributed by atoms with van der Waals surface area (Å²) in [5, 5.41) is 6.76. The summed E-state index contributed by atoms with van der Waals surface area (Å²) in [5.41, 5.74) is 2.92. The lowest BCUT2D eigenvalue weighted by Crippen LogP contribution is -2.39. The van der Waals surface area contributed by atoms with Gasteiger partial charge in [-0.05, 0) is 12.1 Å². The molecule has 28 heavy (non-hydrogen) atoms. The monoisotopic (exact) mass is 375 g/mol. The Morgan fingerprint density at radius 2 is 1.61 bits per heavy atom. The van der Waals surface area contributed by atoms with Gasteiger partial charge >= 0.3 is 0 Å². The largest absolute Gasteiger partial charge is 0.379 e. The van der Waals surface area contributed by atoms with Gasteiger partial charge in [0.15, 0.2) is 0 Å². The predicted octanol–water partition coefficient (Wildman–Crippen LogP) is 3.63. The molecule has 0 aliphatic carbocycles. The minimum absolute atomic E-state index is 0.585. The molecular weight excluding hydrogens is 350 g/mol. The molecule has 0 bridgehead atoms. The summed E-state index contributed by atoms with van der Waals surface area (Å²) < 4.78 is 5.41. The summed E-state index contributed by atoms with van der Waals surface area (Å²) in [6, 6.07) is 22.2. The average Bonchev–Trinajstić information content (AvgIpc) is 2.76. The maximum Gasteiger partial charge on any atom is 0.229 e. The molecular formula is C22H25N5O. The van der Waals surface area contributed by atoms with Gasteiger partial charge in [-0.3, -0.25) is 4.90 Å². The molecule has 1 saturated heterocycles. The topological polar surface area (TPSA) is 62.3 Å². The van der Waals surface area contributed by atoms with Crippen LogP contribution in [0.2, 0.25) is 0 Å². The second kappa shape index (κ2) is 9.30. The minimum atomic E-state index is 0.585. The predicted molar refractivity (Wildman–Crippen MR) is 113 cm³/mol. The number of anilines is 3. The maximum absolute atomic E-state index is 5.41. The molecule has 0 atom stereocenters. The van der Waals surface area contributed by atoms with Crippen molar-refractivity contribution in [2.24, 2.45) is 0 Å². The van der Waals surface area contributed by atoms with Gasteiger partial charge in [-0.15, -0.1) is 0 Å². The van der Waals surface area contributed by atoms with Gasteiger partial charge in [0.1, 0.15) is 5.82 Å². The lowest BCUT2D eigenvalue weighted by Gasteiger charge is -2.26. The van der Waals surface area contributed by atoms with Crippen molar-refractivity contribution < 1.29 is 4.74 Å². The lowest BCUT2D eigenvalue weighted by atomic mass is 10.1. The molecule has 1 aliphatic rings. The third kappa shape index (κ3) is 5.06. The highest BCUT2D eigenvalue weighted by molar-refractivity contribution is 5.66. The van der Waals surface area contributed by atoms with E-state index in [2.05, 4.69) is 32.7 Å². The lowest BCUT2D eigenvalue weighted by molar-refractivity contribution is 0.0398. The van der Waals surface area contributed by atoms with Gasteiger partial charge in [-0.1, -0.05) is 48.5 Å². The number of nitrogens with zero attached hydrogens (tertiary/aromatic N) is 3. The van der Waals surface area contributed by atoms with Crippen molar-refractivity contribution in [1.29, 1.82) is 0 Å². The molecule has 2 heterocycles. The number of hydrogen-bond acceptors (Lipinski definition) is 6. The van der Waals surface area contributed by atoms with Gasteiger partial charge in [0, 0.05) is 43.5 Å². The van der Waals surface area contributed by atoms with Crippen LogP contribution < -0.4 is 10.6 Å². The van der Waals surface area contributed by atoms with Crippen molar-refractivity contribution in [1.82, 2.24) is 14.9 Å². The molecule has 1 aliphatic heterocycles. The molecule has 2 aromatic carbocycles. The van der Waals surface area contributed by atoms with E-state index in [-0.39, 0.29) is 0 Å². The Kier molecular flexibility index (Phi) is 6.11. The highest BCUT2D eigenvalue weighted by atomic mass is 16.5. The normalized spacial score (nSPS) is 14.6. The third-order valence-electron chi connectivity index (χ3n) is 4.66. The van der Waals surface area contributed by atoms with E-state index in [9.17, 15) is 0 Å². The molecule has 6 nitrogen and oxygen atoms in total. The van der Waals surface area contributed by atoms with E-state index in [1.165, 1.54) is 0 Å². The van der Waals surface area contributed by atoms with Crippen LogP contribution in [0.25, 0.3) is 11.3 Å². The highest BCUT2D eigenvalue weighted by Gasteiger charge is 2.11. The molecule has 6 heteroatoms. The number of aromatic nitrogens is 2. The van der Waals surface area contributed by atoms with E-state index in [0.717, 1.165) is 62.2 Å². The molecule has 1 aromatic heterocycles. The van der Waals surface area contributed by atoms with Gasteiger partial charge in [0.2, 0.25) is 5.95 Å². The van der Waals surface area contributed by atoms with Gasteiger partial charge in [0.25, 0.3) is 0 Å². The smallest absolute Gasteiger partial charge is 0.229 e. The molecule has 0 radical (unpaired) electrons. The van der Waals surface area contributed by atoms with Gasteiger partial charge in [-0.2, -0.15) is 4.98 Å². The standard InChI is InChI=1S/C22H25N5O/c1-3-7-18(8-4-1)20-17-21(23-11-12-27-13-15-28-16-14-27)26-22(25-20)24-19-9-5-2-6-10-19/h1-10,17H,11-16H2,(H2,23,24,25,26). The zero-order valence-corrected chi connectivity index (χ0v) is 15.8. The van der Waals surface area contributed by atoms with Crippen LogP contribution in [0.5, 0.6) is 0 Å². The zero-order chi connectivity index (χ0) is 19.0. The van der Waals surface area contributed by atoms with Crippen molar-refractivity contribution >= 4 is 17.5 Å². The third-order valence-corrected chi connectivity index (χ3v) is 4.66. The van der Waals surface area contributed by atoms with Crippen molar-refractivity contribution in [3.8, 4) is 11.3 Å². The number of morpholine rings is 1. The number of benzene rings is 2. The molecule has 4 rings (SSSR count). The number of para-hydroxylation sites is 1. The summed E-state index contributed by atoms with van der Waals surface area (Å²) in [5.74, 6) is 1.40. The van der Waals surface area contributed by atoms with E-state index in [1.807, 2.05) is 54.6 Å². The van der Waals surface area contributed by atoms with E-state index >= 15 is 0 Å². The first-order valence-corrected chi connectivity index (χ1v) is 9.67. The SMILES string of the molecule is c1ccc(Nc2nc(NCCN3CCOCC3)cc(-c3ccccc3)n2)cc1. The zero-order valence-electron chi connectivity index (χ0n) is 15.8. The van der Waals surface area contributed by atoms with Gasteiger partial charge in [-0.25, -0.2) is 4.98 Å². The molecule has 0 spiro atoms. The molecule has 2 N–H and O–H groups in total. The molecule has 0 unspecified atom stereocenters. The summed E-state index contributed by atoms with van der Waals surface area (Å²) in [7, 11) is 0. The number of rotatable bonds is 7. The van der Waals surface area contributed by atoms with Gasteiger partial charge < -0.3 is 15.4 Å². The van der Waals surface area contributed by atoms with Crippen molar-refractivity contribution in [2.45, 2.75) is 0 Å². The summed E-state index contributed by atoms with van der Waals surface area (Å²) in [6.07, 6.45) is 0. The molecule has 0 amide bonds. The average molecular weight is 375 g/mol. The van der Waals surface area contributed by atoms with E-state index < -0.39 is 0 Å². The van der Waals surface area contributed by atoms with Crippen LogP contribution in [-0.2, 0) is 4.74 Å². The Morgan fingerprint density at radius 1 is 0.893 bits per heavy atom. The first-order valence-electron chi connectivity index (χ1n) is 9.67. The van der Waals surface area contributed by atoms with Crippen LogP contribution in [0.3, 0.4) is 0 Å². The summed E-state index contributed by atoms with van der Waals surface area (Å²) in [6.45, 7) is 5.40. The molecule has 1 fully saturated rings. The number of ether oxygens (including phenoxy) is 1. The number of hydrogen-bond donors (Lipinski definition) is 2. The second-order valence-corrected chi connectivity index (χ2v) is 6.70. The minimum Gasteiger partial charge on any atom is -0.379 e. The summed E-state index contributed by atoms with van der Waals surface area (Å²) >= 11 is 0. The van der Waals surface area contributed by atoms with Crippen LogP contribution in [0.1, 0.15) is 0 Å². The van der Waals surface area contributed by atoms with Crippen molar-refractivity contribution in [3.63, 3.8) is 0 Å². The van der Waals surface area contributed by atoms with Crippen LogP contribution in [0.4, 0.5) is 17.5 Å². The summed E-state index contributed by atoms with van der Waals surface area (Å²) in [4.78, 5) is 11.8. The quantitative estimate of drug-likeness (QED) is 0.658. The van der Waals surface area contributed by atoms with Crippen LogP contribution in [-0.4, -0.2) is 54.3 Å². The van der Waals surface area contributed by atoms with E-state index in [1.54, 1.807) is 0 Å². The van der Waals surface area contributed by atoms with Crippen LogP contribution in [0, 0.1) is 0 Å². The number of nitrogens with one attached hydrogen (secondary N) is 2. The van der Waals surface area contributed by atoms with Crippen molar-refractivity contribution in [3.05, 3.63) is 66.7 Å². The Labute approximate surface area is 165 Å². The Morgan fingerprint density at radius 3 is 2.36 bits per heavy atom. The first kappa shape index (κ1) is 18.4. The van der Waals surface area contributed by atoms with Crippen molar-refractivity contribution in [2.75, 3.05) is 50.0 Å². The van der Waals surface area contributed by atoms with E-state index in [4.69, 9.17) is 9.72 Å². The van der Waals surface area contributed by atoms with Gasteiger partial charge in [0.05, 0.1) is 18.9 Å². The van der Waals surface area contributed by atoms with Crippen LogP contribution in [0.15, 0.2) is 66.7 Å². The molecule has 144 valence electrons. The fraction of sp³-hybridized carbons (Fsp3) is 0.273. The Hall–Kier alpha value is -2.96. The molecule has 0 saturated carbocycles. The Balaban J connectivity index is 1.51. The maximum atomic E-state index is 5.41. The fourth-order valence-corrected chi connectivity index (χ4v) is 3.17. The van der Waals surface area contributed by atoms with E-state index in [0.29, 0.717) is 5.95 Å². The fourth-order valence-electron chi connectivity index (χ4n) is 3.17. The molecule has 3 aromatic rings. The first-order chi connectivity index (χ1) is 13.9. The van der Waals surface area contributed by atoms with Crippen LogP contribution >= 0.6 is 0 Å². The highest BCUT2D eigenvalue weighted by Crippen LogP contribution is 2.23.